The summed E-state index contributed by atoms with van der Waals surface area (Å²) in [7, 11) is 0. The number of carbonyl (C=O) groups is 1. The third kappa shape index (κ3) is 2.23. The van der Waals surface area contributed by atoms with Crippen LogP contribution in [0.3, 0.4) is 0 Å². The molecule has 1 heterocycles. The molecular weight excluding hydrogens is 269 g/mol. The van der Waals surface area contributed by atoms with Crippen molar-refractivity contribution in [3.63, 3.8) is 0 Å². The van der Waals surface area contributed by atoms with Gasteiger partial charge >= 0.3 is 0 Å². The SMILES string of the molecule is Cc1occc1C(=O)NCCI. The van der Waals surface area contributed by atoms with Gasteiger partial charge in [-0.1, -0.05) is 22.6 Å². The number of rotatable bonds is 3. The first-order valence-corrected chi connectivity index (χ1v) is 5.16. The van der Waals surface area contributed by atoms with E-state index in [1.54, 1.807) is 13.0 Å². The molecule has 4 heteroatoms. The van der Waals surface area contributed by atoms with E-state index in [4.69, 9.17) is 4.42 Å². The van der Waals surface area contributed by atoms with E-state index in [-0.39, 0.29) is 5.91 Å². The molecule has 1 aromatic heterocycles. The molecule has 0 aliphatic heterocycles. The smallest absolute Gasteiger partial charge is 0.254 e. The molecule has 3 nitrogen and oxygen atoms in total. The van der Waals surface area contributed by atoms with Gasteiger partial charge in [-0.2, -0.15) is 0 Å². The molecule has 0 saturated heterocycles. The van der Waals surface area contributed by atoms with Crippen LogP contribution in [0.1, 0.15) is 16.1 Å². The van der Waals surface area contributed by atoms with E-state index < -0.39 is 0 Å². The summed E-state index contributed by atoms with van der Waals surface area (Å²) in [5, 5.41) is 2.77. The number of hydrogen-bond donors (Lipinski definition) is 1. The Labute approximate surface area is 84.7 Å². The molecule has 12 heavy (non-hydrogen) atoms. The molecule has 1 aromatic rings. The average molecular weight is 279 g/mol. The maximum atomic E-state index is 11.3. The van der Waals surface area contributed by atoms with Gasteiger partial charge < -0.3 is 9.73 Å². The summed E-state index contributed by atoms with van der Waals surface area (Å²) in [5.41, 5.74) is 0.625. The van der Waals surface area contributed by atoms with E-state index >= 15 is 0 Å². The van der Waals surface area contributed by atoms with Gasteiger partial charge in [0.15, 0.2) is 0 Å². The standard InChI is InChI=1S/C8H10INO2/c1-6-7(2-5-12-6)8(11)10-4-3-9/h2,5H,3-4H2,1H3,(H,10,11). The number of halogens is 1. The Morgan fingerprint density at radius 3 is 3.00 bits per heavy atom. The highest BCUT2D eigenvalue weighted by atomic mass is 127. The van der Waals surface area contributed by atoms with Crippen LogP contribution in [0, 0.1) is 6.92 Å². The summed E-state index contributed by atoms with van der Waals surface area (Å²) >= 11 is 2.21. The van der Waals surface area contributed by atoms with E-state index in [0.29, 0.717) is 17.9 Å². The fraction of sp³-hybridized carbons (Fsp3) is 0.375. The average Bonchev–Trinajstić information content (AvgIpc) is 2.47. The first-order chi connectivity index (χ1) is 5.75. The number of alkyl halides is 1. The van der Waals surface area contributed by atoms with E-state index in [2.05, 4.69) is 27.9 Å². The molecule has 1 amide bonds. The second kappa shape index (κ2) is 4.49. The van der Waals surface area contributed by atoms with Gasteiger partial charge in [-0.3, -0.25) is 4.79 Å². The van der Waals surface area contributed by atoms with Crippen molar-refractivity contribution in [3.8, 4) is 0 Å². The molecule has 0 spiro atoms. The summed E-state index contributed by atoms with van der Waals surface area (Å²) in [6.45, 7) is 2.48. The van der Waals surface area contributed by atoms with Gasteiger partial charge in [0.05, 0.1) is 11.8 Å². The second-order valence-electron chi connectivity index (χ2n) is 2.34. The number of furan rings is 1. The van der Waals surface area contributed by atoms with Crippen LogP contribution in [0.4, 0.5) is 0 Å². The lowest BCUT2D eigenvalue weighted by molar-refractivity contribution is 0.0955. The van der Waals surface area contributed by atoms with E-state index in [0.717, 1.165) is 4.43 Å². The molecule has 1 rings (SSSR count). The van der Waals surface area contributed by atoms with Gasteiger partial charge in [0.1, 0.15) is 5.76 Å². The van der Waals surface area contributed by atoms with E-state index in [9.17, 15) is 4.79 Å². The van der Waals surface area contributed by atoms with E-state index in [1.165, 1.54) is 6.26 Å². The Kier molecular flexibility index (Phi) is 3.58. The Bertz CT molecular complexity index is 270. The van der Waals surface area contributed by atoms with Crippen LogP contribution in [-0.2, 0) is 0 Å². The van der Waals surface area contributed by atoms with Crippen molar-refractivity contribution in [2.24, 2.45) is 0 Å². The van der Waals surface area contributed by atoms with Crippen LogP contribution in [0.2, 0.25) is 0 Å². The van der Waals surface area contributed by atoms with Crippen LogP contribution >= 0.6 is 22.6 Å². The monoisotopic (exact) mass is 279 g/mol. The van der Waals surface area contributed by atoms with Crippen LogP contribution < -0.4 is 5.32 Å². The minimum absolute atomic E-state index is 0.0575. The molecule has 0 aliphatic rings. The van der Waals surface area contributed by atoms with Crippen molar-refractivity contribution in [1.82, 2.24) is 5.32 Å². The normalized spacial score (nSPS) is 9.83. The number of hydrogen-bond acceptors (Lipinski definition) is 2. The van der Waals surface area contributed by atoms with Crippen molar-refractivity contribution >= 4 is 28.5 Å². The summed E-state index contributed by atoms with van der Waals surface area (Å²) in [6.07, 6.45) is 1.52. The number of amides is 1. The van der Waals surface area contributed by atoms with Crippen molar-refractivity contribution < 1.29 is 9.21 Å². The first kappa shape index (κ1) is 9.57. The highest BCUT2D eigenvalue weighted by molar-refractivity contribution is 14.1. The number of nitrogens with one attached hydrogen (secondary N) is 1. The van der Waals surface area contributed by atoms with Crippen LogP contribution in [-0.4, -0.2) is 16.9 Å². The molecule has 0 atom stereocenters. The van der Waals surface area contributed by atoms with Gasteiger partial charge in [0.25, 0.3) is 5.91 Å². The lowest BCUT2D eigenvalue weighted by atomic mass is 10.2. The van der Waals surface area contributed by atoms with Crippen LogP contribution in [0.25, 0.3) is 0 Å². The minimum Gasteiger partial charge on any atom is -0.469 e. The molecule has 0 unspecified atom stereocenters. The zero-order chi connectivity index (χ0) is 8.97. The first-order valence-electron chi connectivity index (χ1n) is 3.64. The molecule has 0 aromatic carbocycles. The molecule has 0 fully saturated rings. The van der Waals surface area contributed by atoms with Gasteiger partial charge in [-0.05, 0) is 13.0 Å². The lowest BCUT2D eigenvalue weighted by Gasteiger charge is -1.99. The largest absolute Gasteiger partial charge is 0.469 e. The van der Waals surface area contributed by atoms with E-state index in [1.807, 2.05) is 0 Å². The maximum Gasteiger partial charge on any atom is 0.254 e. The van der Waals surface area contributed by atoms with Crippen molar-refractivity contribution in [2.75, 3.05) is 11.0 Å². The zero-order valence-electron chi connectivity index (χ0n) is 6.76. The van der Waals surface area contributed by atoms with Gasteiger partial charge in [-0.15, -0.1) is 0 Å². The molecule has 0 saturated carbocycles. The molecule has 0 bridgehead atoms. The summed E-state index contributed by atoms with van der Waals surface area (Å²) in [5.74, 6) is 0.610. The highest BCUT2D eigenvalue weighted by Crippen LogP contribution is 2.07. The van der Waals surface area contributed by atoms with Gasteiger partial charge in [0.2, 0.25) is 0 Å². The summed E-state index contributed by atoms with van der Waals surface area (Å²) in [4.78, 5) is 11.3. The second-order valence-corrected chi connectivity index (χ2v) is 3.41. The topological polar surface area (TPSA) is 42.2 Å². The zero-order valence-corrected chi connectivity index (χ0v) is 8.92. The van der Waals surface area contributed by atoms with Crippen molar-refractivity contribution in [1.29, 1.82) is 0 Å². The molecular formula is C8H10INO2. The molecule has 0 aliphatic carbocycles. The third-order valence-corrected chi connectivity index (χ3v) is 2.02. The number of carbonyl (C=O) groups excluding carboxylic acids is 1. The van der Waals surface area contributed by atoms with Gasteiger partial charge in [-0.25, -0.2) is 0 Å². The molecule has 66 valence electrons. The summed E-state index contributed by atoms with van der Waals surface area (Å²) in [6, 6.07) is 1.68. The highest BCUT2D eigenvalue weighted by Gasteiger charge is 2.09. The summed E-state index contributed by atoms with van der Waals surface area (Å²) < 4.78 is 5.92. The quantitative estimate of drug-likeness (QED) is 0.676. The maximum absolute atomic E-state index is 11.3. The predicted molar refractivity (Wildman–Crippen MR) is 54.7 cm³/mol. The fourth-order valence-corrected chi connectivity index (χ4v) is 1.15. The van der Waals surface area contributed by atoms with Gasteiger partial charge in [0, 0.05) is 11.0 Å². The Balaban J connectivity index is 2.59. The third-order valence-electron chi connectivity index (χ3n) is 1.48. The van der Waals surface area contributed by atoms with Crippen LogP contribution in [0.15, 0.2) is 16.7 Å². The Morgan fingerprint density at radius 2 is 2.50 bits per heavy atom. The minimum atomic E-state index is -0.0575. The fourth-order valence-electron chi connectivity index (χ4n) is 0.877. The van der Waals surface area contributed by atoms with Crippen molar-refractivity contribution in [2.45, 2.75) is 6.92 Å². The van der Waals surface area contributed by atoms with Crippen LogP contribution in [0.5, 0.6) is 0 Å². The van der Waals surface area contributed by atoms with Crippen molar-refractivity contribution in [3.05, 3.63) is 23.7 Å². The Morgan fingerprint density at radius 1 is 1.75 bits per heavy atom. The predicted octanol–water partition coefficient (Wildman–Crippen LogP) is 1.75. The lowest BCUT2D eigenvalue weighted by Crippen LogP contribution is -2.25. The molecule has 1 N–H and O–H groups in total. The molecule has 0 radical (unpaired) electrons. The Hall–Kier alpha value is -0.520. The number of aryl methyl sites for hydroxylation is 1.